The molecule has 0 unspecified atom stereocenters. The van der Waals surface area contributed by atoms with E-state index in [1.54, 1.807) is 9.21 Å². The molecule has 2 aliphatic heterocycles. The maximum absolute atomic E-state index is 13.8. The molecule has 1 aromatic carbocycles. The van der Waals surface area contributed by atoms with E-state index in [2.05, 4.69) is 0 Å². The number of rotatable bonds is 3. The fraction of sp³-hybridized carbons (Fsp3) is 0.600. The van der Waals surface area contributed by atoms with Crippen molar-refractivity contribution in [2.45, 2.75) is 19.3 Å². The van der Waals surface area contributed by atoms with E-state index >= 15 is 0 Å². The first-order valence-corrected chi connectivity index (χ1v) is 9.33. The van der Waals surface area contributed by atoms with Crippen LogP contribution in [0.1, 0.15) is 19.3 Å². The second kappa shape index (κ2) is 6.70. The lowest BCUT2D eigenvalue weighted by Crippen LogP contribution is -2.54. The van der Waals surface area contributed by atoms with Crippen LogP contribution in [0.4, 0.5) is 14.5 Å². The molecule has 23 heavy (non-hydrogen) atoms. The van der Waals surface area contributed by atoms with Crippen molar-refractivity contribution in [3.8, 4) is 0 Å². The molecule has 0 saturated carbocycles. The number of hydrogen-bond acceptors (Lipinski definition) is 3. The van der Waals surface area contributed by atoms with Crippen molar-refractivity contribution in [1.29, 1.82) is 0 Å². The van der Waals surface area contributed by atoms with Gasteiger partial charge in [0.2, 0.25) is 0 Å². The van der Waals surface area contributed by atoms with Gasteiger partial charge in [-0.3, -0.25) is 0 Å². The fourth-order valence-electron chi connectivity index (χ4n) is 3.16. The summed E-state index contributed by atoms with van der Waals surface area (Å²) in [5, 5.41) is 0. The van der Waals surface area contributed by atoms with Crippen LogP contribution in [0, 0.1) is 11.6 Å². The van der Waals surface area contributed by atoms with E-state index in [9.17, 15) is 17.2 Å². The molecule has 0 bridgehead atoms. The van der Waals surface area contributed by atoms with Crippen LogP contribution >= 0.6 is 0 Å². The third kappa shape index (κ3) is 3.49. The second-order valence-electron chi connectivity index (χ2n) is 5.95. The number of anilines is 1. The van der Waals surface area contributed by atoms with Crippen LogP contribution in [0.3, 0.4) is 0 Å². The van der Waals surface area contributed by atoms with Crippen molar-refractivity contribution in [2.24, 2.45) is 0 Å². The van der Waals surface area contributed by atoms with Crippen LogP contribution in [-0.4, -0.2) is 56.3 Å². The highest BCUT2D eigenvalue weighted by Gasteiger charge is 2.33. The Morgan fingerprint density at radius 1 is 0.826 bits per heavy atom. The van der Waals surface area contributed by atoms with Crippen LogP contribution in [0.15, 0.2) is 18.2 Å². The average molecular weight is 345 g/mol. The lowest BCUT2D eigenvalue weighted by Gasteiger charge is -2.38. The fourth-order valence-corrected chi connectivity index (χ4v) is 4.83. The first-order valence-electron chi connectivity index (χ1n) is 7.94. The standard InChI is InChI=1S/C15H21F2N3O2S/c16-13-4-5-15(14(17)12-13)18-8-10-20(11-9-18)23(21,22)19-6-2-1-3-7-19/h4-5,12H,1-3,6-11H2. The Bertz CT molecular complexity index is 655. The van der Waals surface area contributed by atoms with Crippen LogP contribution in [0.25, 0.3) is 0 Å². The van der Waals surface area contributed by atoms with E-state index < -0.39 is 21.8 Å². The van der Waals surface area contributed by atoms with Gasteiger partial charge in [-0.05, 0) is 25.0 Å². The Kier molecular flexibility index (Phi) is 4.84. The largest absolute Gasteiger partial charge is 0.367 e. The number of benzene rings is 1. The van der Waals surface area contributed by atoms with Gasteiger partial charge in [0.1, 0.15) is 11.6 Å². The highest BCUT2D eigenvalue weighted by Crippen LogP contribution is 2.23. The first kappa shape index (κ1) is 16.6. The molecular formula is C15H21F2N3O2S. The molecule has 3 rings (SSSR count). The molecule has 0 aliphatic carbocycles. The Balaban J connectivity index is 1.66. The maximum Gasteiger partial charge on any atom is 0.282 e. The SMILES string of the molecule is O=S(=O)(N1CCCCC1)N1CCN(c2ccc(F)cc2F)CC1. The minimum absolute atomic E-state index is 0.315. The number of piperidine rings is 1. The molecular weight excluding hydrogens is 324 g/mol. The van der Waals surface area contributed by atoms with E-state index in [1.165, 1.54) is 16.4 Å². The summed E-state index contributed by atoms with van der Waals surface area (Å²) in [4.78, 5) is 1.76. The summed E-state index contributed by atoms with van der Waals surface area (Å²) in [6.45, 7) is 2.58. The monoisotopic (exact) mass is 345 g/mol. The molecule has 2 aliphatic rings. The topological polar surface area (TPSA) is 43.9 Å². The van der Waals surface area contributed by atoms with Crippen molar-refractivity contribution >= 4 is 15.9 Å². The van der Waals surface area contributed by atoms with Crippen molar-refractivity contribution in [3.05, 3.63) is 29.8 Å². The minimum atomic E-state index is -3.42. The lowest BCUT2D eigenvalue weighted by molar-refractivity contribution is 0.295. The summed E-state index contributed by atoms with van der Waals surface area (Å²) >= 11 is 0. The molecule has 128 valence electrons. The highest BCUT2D eigenvalue weighted by molar-refractivity contribution is 7.86. The zero-order valence-corrected chi connectivity index (χ0v) is 13.7. The molecule has 0 radical (unpaired) electrons. The van der Waals surface area contributed by atoms with Crippen LogP contribution in [-0.2, 0) is 10.2 Å². The van der Waals surface area contributed by atoms with Crippen LogP contribution in [0.2, 0.25) is 0 Å². The Hall–Kier alpha value is -1.25. The Morgan fingerprint density at radius 3 is 2.04 bits per heavy atom. The molecule has 0 amide bonds. The number of halogens is 2. The predicted octanol–water partition coefficient (Wildman–Crippen LogP) is 1.82. The Labute approximate surface area is 135 Å². The summed E-state index contributed by atoms with van der Waals surface area (Å²) in [5.41, 5.74) is 0.321. The normalized spacial score (nSPS) is 21.6. The lowest BCUT2D eigenvalue weighted by atomic mass is 10.2. The van der Waals surface area contributed by atoms with Crippen molar-refractivity contribution < 1.29 is 17.2 Å². The van der Waals surface area contributed by atoms with Crippen LogP contribution in [0.5, 0.6) is 0 Å². The third-order valence-electron chi connectivity index (χ3n) is 4.46. The van der Waals surface area contributed by atoms with Gasteiger partial charge < -0.3 is 4.90 Å². The van der Waals surface area contributed by atoms with E-state index in [0.717, 1.165) is 25.3 Å². The smallest absolute Gasteiger partial charge is 0.282 e. The first-order chi connectivity index (χ1) is 11.0. The summed E-state index contributed by atoms with van der Waals surface area (Å²) < 4.78 is 55.0. The molecule has 2 saturated heterocycles. The summed E-state index contributed by atoms with van der Waals surface area (Å²) in [6.07, 6.45) is 2.88. The summed E-state index contributed by atoms with van der Waals surface area (Å²) in [5.74, 6) is -1.23. The predicted molar refractivity (Wildman–Crippen MR) is 84.5 cm³/mol. The zero-order valence-electron chi connectivity index (χ0n) is 12.9. The van der Waals surface area contributed by atoms with Gasteiger partial charge in [-0.15, -0.1) is 0 Å². The summed E-state index contributed by atoms with van der Waals surface area (Å²) in [7, 11) is -3.42. The van der Waals surface area contributed by atoms with E-state index in [0.29, 0.717) is 45.0 Å². The van der Waals surface area contributed by atoms with Gasteiger partial charge >= 0.3 is 0 Å². The van der Waals surface area contributed by atoms with Crippen molar-refractivity contribution in [2.75, 3.05) is 44.2 Å². The number of hydrogen-bond donors (Lipinski definition) is 0. The van der Waals surface area contributed by atoms with Gasteiger partial charge in [-0.25, -0.2) is 8.78 Å². The number of nitrogens with zero attached hydrogens (tertiary/aromatic N) is 3. The molecule has 2 fully saturated rings. The zero-order chi connectivity index (χ0) is 16.4. The number of piperazine rings is 1. The Morgan fingerprint density at radius 2 is 1.43 bits per heavy atom. The van der Waals surface area contributed by atoms with E-state index in [-0.39, 0.29) is 0 Å². The van der Waals surface area contributed by atoms with Gasteiger partial charge in [-0.2, -0.15) is 17.0 Å². The quantitative estimate of drug-likeness (QED) is 0.839. The van der Waals surface area contributed by atoms with Gasteiger partial charge in [0.25, 0.3) is 10.2 Å². The van der Waals surface area contributed by atoms with E-state index in [4.69, 9.17) is 0 Å². The molecule has 1 aromatic rings. The van der Waals surface area contributed by atoms with Crippen molar-refractivity contribution in [3.63, 3.8) is 0 Å². The molecule has 0 spiro atoms. The second-order valence-corrected chi connectivity index (χ2v) is 7.88. The van der Waals surface area contributed by atoms with E-state index in [1.807, 2.05) is 0 Å². The average Bonchev–Trinajstić information content (AvgIpc) is 2.56. The van der Waals surface area contributed by atoms with Gasteiger partial charge in [0, 0.05) is 45.3 Å². The molecule has 0 N–H and O–H groups in total. The van der Waals surface area contributed by atoms with Crippen LogP contribution < -0.4 is 4.90 Å². The minimum Gasteiger partial charge on any atom is -0.367 e. The highest BCUT2D eigenvalue weighted by atomic mass is 32.2. The molecule has 8 heteroatoms. The van der Waals surface area contributed by atoms with Gasteiger partial charge in [-0.1, -0.05) is 6.42 Å². The molecule has 0 atom stereocenters. The molecule has 0 aromatic heterocycles. The maximum atomic E-state index is 13.8. The molecule has 5 nitrogen and oxygen atoms in total. The van der Waals surface area contributed by atoms with Gasteiger partial charge in [0.15, 0.2) is 0 Å². The van der Waals surface area contributed by atoms with Crippen molar-refractivity contribution in [1.82, 2.24) is 8.61 Å². The van der Waals surface area contributed by atoms with Gasteiger partial charge in [0.05, 0.1) is 5.69 Å². The molecule has 2 heterocycles. The third-order valence-corrected chi connectivity index (χ3v) is 6.49. The summed E-state index contributed by atoms with van der Waals surface area (Å²) in [6, 6.07) is 3.47.